The molecule has 6 nitrogen and oxygen atoms in total. The molecule has 0 spiro atoms. The van der Waals surface area contributed by atoms with Crippen molar-refractivity contribution < 1.29 is 9.59 Å². The fourth-order valence-corrected chi connectivity index (χ4v) is 3.35. The predicted octanol–water partition coefficient (Wildman–Crippen LogP) is 2.84. The molecule has 2 amide bonds. The van der Waals surface area contributed by atoms with Gasteiger partial charge in [-0.3, -0.25) is 14.5 Å². The molecule has 0 unspecified atom stereocenters. The van der Waals surface area contributed by atoms with Crippen LogP contribution < -0.4 is 4.90 Å². The molecule has 1 aliphatic heterocycles. The van der Waals surface area contributed by atoms with E-state index in [9.17, 15) is 9.59 Å². The van der Waals surface area contributed by atoms with Crippen molar-refractivity contribution in [3.63, 3.8) is 0 Å². The number of nitrogens with zero attached hydrogens (tertiary/aromatic N) is 4. The van der Waals surface area contributed by atoms with E-state index in [2.05, 4.69) is 11.0 Å². The van der Waals surface area contributed by atoms with Gasteiger partial charge in [0.1, 0.15) is 0 Å². The lowest BCUT2D eigenvalue weighted by Crippen LogP contribution is -2.42. The van der Waals surface area contributed by atoms with Crippen molar-refractivity contribution in [1.29, 1.82) is 5.26 Å². The molecule has 1 aromatic rings. The first-order chi connectivity index (χ1) is 13.0. The highest BCUT2D eigenvalue weighted by atomic mass is 35.5. The van der Waals surface area contributed by atoms with E-state index in [4.69, 9.17) is 16.9 Å². The van der Waals surface area contributed by atoms with E-state index >= 15 is 0 Å². The maximum Gasteiger partial charge on any atom is 0.241 e. The predicted molar refractivity (Wildman–Crippen MR) is 107 cm³/mol. The summed E-state index contributed by atoms with van der Waals surface area (Å²) in [5.74, 6) is 0.123. The van der Waals surface area contributed by atoms with Crippen LogP contribution >= 0.6 is 11.6 Å². The lowest BCUT2D eigenvalue weighted by Gasteiger charge is -2.27. The van der Waals surface area contributed by atoms with E-state index in [1.54, 1.807) is 11.0 Å². The summed E-state index contributed by atoms with van der Waals surface area (Å²) >= 11 is 6.10. The van der Waals surface area contributed by atoms with Crippen LogP contribution in [0.1, 0.15) is 31.7 Å². The van der Waals surface area contributed by atoms with Gasteiger partial charge in [0.05, 0.1) is 19.0 Å². The van der Waals surface area contributed by atoms with Crippen LogP contribution in [0.15, 0.2) is 18.2 Å². The average Bonchev–Trinajstić information content (AvgIpc) is 2.89. The van der Waals surface area contributed by atoms with E-state index in [0.29, 0.717) is 31.1 Å². The second-order valence-electron chi connectivity index (χ2n) is 6.75. The van der Waals surface area contributed by atoms with E-state index < -0.39 is 0 Å². The summed E-state index contributed by atoms with van der Waals surface area (Å²) in [6.07, 6.45) is 1.64. The Kier molecular flexibility index (Phi) is 8.08. The van der Waals surface area contributed by atoms with Crippen LogP contribution in [-0.2, 0) is 9.59 Å². The second kappa shape index (κ2) is 10.3. The molecule has 1 fully saturated rings. The lowest BCUT2D eigenvalue weighted by molar-refractivity contribution is -0.130. The number of amides is 2. The molecule has 0 bridgehead atoms. The lowest BCUT2D eigenvalue weighted by atomic mass is 10.2. The Bertz CT molecular complexity index is 716. The number of hydrogen-bond donors (Lipinski definition) is 0. The van der Waals surface area contributed by atoms with Crippen molar-refractivity contribution in [3.8, 4) is 6.07 Å². The first kappa shape index (κ1) is 21.2. The van der Waals surface area contributed by atoms with Gasteiger partial charge in [-0.15, -0.1) is 0 Å². The van der Waals surface area contributed by atoms with Gasteiger partial charge >= 0.3 is 0 Å². The zero-order chi connectivity index (χ0) is 19.8. The Hall–Kier alpha value is -2.10. The molecule has 2 rings (SSSR count). The highest BCUT2D eigenvalue weighted by molar-refractivity contribution is 6.31. The van der Waals surface area contributed by atoms with Crippen molar-refractivity contribution in [2.75, 3.05) is 44.2 Å². The summed E-state index contributed by atoms with van der Waals surface area (Å²) in [6.45, 7) is 7.26. The molecule has 0 atom stereocenters. The van der Waals surface area contributed by atoms with Crippen LogP contribution in [0.4, 0.5) is 5.69 Å². The highest BCUT2D eigenvalue weighted by Crippen LogP contribution is 2.23. The van der Waals surface area contributed by atoms with Crippen LogP contribution in [0, 0.1) is 18.3 Å². The number of halogens is 1. The van der Waals surface area contributed by atoms with E-state index in [1.807, 2.05) is 30.9 Å². The number of hydrogen-bond acceptors (Lipinski definition) is 4. The molecule has 0 saturated carbocycles. The van der Waals surface area contributed by atoms with Crippen molar-refractivity contribution in [2.45, 2.75) is 33.1 Å². The Morgan fingerprint density at radius 1 is 1.26 bits per heavy atom. The third kappa shape index (κ3) is 5.95. The Balaban J connectivity index is 2.06. The molecule has 7 heteroatoms. The Morgan fingerprint density at radius 3 is 2.70 bits per heavy atom. The van der Waals surface area contributed by atoms with Crippen LogP contribution in [0.2, 0.25) is 5.02 Å². The van der Waals surface area contributed by atoms with Gasteiger partial charge in [-0.2, -0.15) is 5.26 Å². The van der Waals surface area contributed by atoms with Crippen molar-refractivity contribution in [3.05, 3.63) is 28.8 Å². The highest BCUT2D eigenvalue weighted by Gasteiger charge is 2.23. The Morgan fingerprint density at radius 2 is 2.04 bits per heavy atom. The zero-order valence-electron chi connectivity index (χ0n) is 16.1. The van der Waals surface area contributed by atoms with Gasteiger partial charge in [-0.05, 0) is 37.1 Å². The molecular formula is C20H27ClN4O2. The number of carbonyl (C=O) groups is 2. The molecular weight excluding hydrogens is 364 g/mol. The molecule has 146 valence electrons. The smallest absolute Gasteiger partial charge is 0.241 e. The Labute approximate surface area is 166 Å². The fraction of sp³-hybridized carbons (Fsp3) is 0.550. The van der Waals surface area contributed by atoms with Crippen molar-refractivity contribution in [1.82, 2.24) is 9.80 Å². The molecule has 1 aromatic carbocycles. The van der Waals surface area contributed by atoms with Crippen LogP contribution in [0.25, 0.3) is 0 Å². The molecule has 0 aromatic heterocycles. The number of anilines is 1. The molecule has 1 heterocycles. The maximum absolute atomic E-state index is 13.0. The van der Waals surface area contributed by atoms with E-state index in [0.717, 1.165) is 30.8 Å². The van der Waals surface area contributed by atoms with Crippen LogP contribution in [0.5, 0.6) is 0 Å². The average molecular weight is 391 g/mol. The van der Waals surface area contributed by atoms with Gasteiger partial charge < -0.3 is 9.80 Å². The second-order valence-corrected chi connectivity index (χ2v) is 7.16. The third-order valence-corrected chi connectivity index (χ3v) is 5.23. The topological polar surface area (TPSA) is 67.7 Å². The molecule has 27 heavy (non-hydrogen) atoms. The quantitative estimate of drug-likeness (QED) is 0.749. The minimum atomic E-state index is -0.0396. The van der Waals surface area contributed by atoms with Crippen molar-refractivity contribution in [2.24, 2.45) is 0 Å². The number of nitriles is 1. The summed E-state index contributed by atoms with van der Waals surface area (Å²) in [4.78, 5) is 30.5. The summed E-state index contributed by atoms with van der Waals surface area (Å²) < 4.78 is 0. The number of benzene rings is 1. The van der Waals surface area contributed by atoms with E-state index in [-0.39, 0.29) is 24.8 Å². The monoisotopic (exact) mass is 390 g/mol. The number of carbonyl (C=O) groups excluding carboxylic acids is 2. The summed E-state index contributed by atoms with van der Waals surface area (Å²) in [7, 11) is 0. The molecule has 0 N–H and O–H groups in total. The number of aryl methyl sites for hydroxylation is 1. The molecule has 1 saturated heterocycles. The zero-order valence-corrected chi connectivity index (χ0v) is 16.8. The summed E-state index contributed by atoms with van der Waals surface area (Å²) in [5, 5.41) is 9.60. The molecule has 0 aliphatic carbocycles. The largest absolute Gasteiger partial charge is 0.341 e. The third-order valence-electron chi connectivity index (χ3n) is 4.80. The van der Waals surface area contributed by atoms with Gasteiger partial charge in [-0.1, -0.05) is 18.5 Å². The van der Waals surface area contributed by atoms with Gasteiger partial charge in [0.2, 0.25) is 11.8 Å². The minimum Gasteiger partial charge on any atom is -0.341 e. The van der Waals surface area contributed by atoms with Crippen LogP contribution in [-0.4, -0.2) is 60.9 Å². The fourth-order valence-electron chi connectivity index (χ4n) is 3.24. The van der Waals surface area contributed by atoms with Gasteiger partial charge in [-0.25, -0.2) is 0 Å². The first-order valence-electron chi connectivity index (χ1n) is 9.39. The van der Waals surface area contributed by atoms with E-state index in [1.165, 1.54) is 0 Å². The normalized spacial score (nSPS) is 15.1. The first-order valence-corrected chi connectivity index (χ1v) is 9.77. The van der Waals surface area contributed by atoms with Crippen molar-refractivity contribution >= 4 is 29.1 Å². The molecule has 1 aliphatic rings. The summed E-state index contributed by atoms with van der Waals surface area (Å²) in [6, 6.07) is 7.58. The van der Waals surface area contributed by atoms with Gasteiger partial charge in [0.15, 0.2) is 0 Å². The minimum absolute atomic E-state index is 0.0396. The SMILES string of the molecule is CCC(=O)N1CCCN(CC(=O)N(CCC#N)c2ccc(Cl)c(C)c2)CC1. The number of rotatable bonds is 6. The van der Waals surface area contributed by atoms with Gasteiger partial charge in [0, 0.05) is 49.9 Å². The maximum atomic E-state index is 13.0. The molecule has 0 radical (unpaired) electrons. The standard InChI is InChI=1S/C20H27ClN4O2/c1-3-19(26)24-10-5-9-23(12-13-24)15-20(27)25(11-4-8-22)17-6-7-18(21)16(2)14-17/h6-7,14H,3-5,9-13,15H2,1-2H3. The summed E-state index contributed by atoms with van der Waals surface area (Å²) in [5.41, 5.74) is 1.65. The van der Waals surface area contributed by atoms with Gasteiger partial charge in [0.25, 0.3) is 0 Å². The van der Waals surface area contributed by atoms with Crippen LogP contribution in [0.3, 0.4) is 0 Å².